The van der Waals surface area contributed by atoms with Crippen molar-refractivity contribution in [3.63, 3.8) is 0 Å². The predicted octanol–water partition coefficient (Wildman–Crippen LogP) is 4.49. The molecule has 1 aromatic carbocycles. The van der Waals surface area contributed by atoms with Crippen LogP contribution in [0.4, 0.5) is 5.69 Å². The van der Waals surface area contributed by atoms with E-state index in [1.165, 1.54) is 0 Å². The van der Waals surface area contributed by atoms with Gasteiger partial charge in [0.25, 0.3) is 5.69 Å². The fourth-order valence-electron chi connectivity index (χ4n) is 5.42. The summed E-state index contributed by atoms with van der Waals surface area (Å²) in [6.45, 7) is 4.52. The van der Waals surface area contributed by atoms with Crippen molar-refractivity contribution in [2.45, 2.75) is 64.9 Å². The van der Waals surface area contributed by atoms with Gasteiger partial charge in [-0.15, -0.1) is 0 Å². The van der Waals surface area contributed by atoms with E-state index in [9.17, 15) is 15.2 Å². The molecule has 4 heteroatoms. The average Bonchev–Trinajstić information content (AvgIpc) is 2.49. The van der Waals surface area contributed by atoms with Gasteiger partial charge in [-0.25, -0.2) is 0 Å². The maximum Gasteiger partial charge on any atom is 0.272 e. The quantitative estimate of drug-likeness (QED) is 0.659. The molecule has 0 aromatic heterocycles. The lowest BCUT2D eigenvalue weighted by molar-refractivity contribution is -0.385. The Bertz CT molecular complexity index is 602. The van der Waals surface area contributed by atoms with Crippen molar-refractivity contribution in [1.82, 2.24) is 0 Å². The van der Waals surface area contributed by atoms with E-state index in [4.69, 9.17) is 0 Å². The molecule has 1 aromatic rings. The van der Waals surface area contributed by atoms with Gasteiger partial charge >= 0.3 is 0 Å². The number of rotatable bonds is 3. The number of nitro groups is 1. The van der Waals surface area contributed by atoms with Crippen LogP contribution in [-0.2, 0) is 6.42 Å². The van der Waals surface area contributed by atoms with Gasteiger partial charge in [0, 0.05) is 11.6 Å². The lowest BCUT2D eigenvalue weighted by Gasteiger charge is -2.57. The minimum absolute atomic E-state index is 0.0283. The standard InChI is InChI=1S/C19H27NO3/c1-18(13-14-7-3-4-8-15(14)20(22)23)11-6-12-19(2)16(18)9-5-10-17(19)21/h3-4,7-8,16-17,21H,5-6,9-13H2,1-2H3/t16?,17-,18?,19-/m0/s1. The van der Waals surface area contributed by atoms with Crippen molar-refractivity contribution in [1.29, 1.82) is 0 Å². The zero-order chi connectivity index (χ0) is 16.7. The molecule has 0 saturated heterocycles. The van der Waals surface area contributed by atoms with E-state index < -0.39 is 0 Å². The molecular formula is C19H27NO3. The highest BCUT2D eigenvalue weighted by atomic mass is 16.6. The van der Waals surface area contributed by atoms with Gasteiger partial charge in [-0.3, -0.25) is 10.1 Å². The van der Waals surface area contributed by atoms with E-state index in [0.29, 0.717) is 5.92 Å². The van der Waals surface area contributed by atoms with Crippen LogP contribution in [0.25, 0.3) is 0 Å². The van der Waals surface area contributed by atoms with Crippen molar-refractivity contribution in [2.75, 3.05) is 0 Å². The van der Waals surface area contributed by atoms with Crippen molar-refractivity contribution < 1.29 is 10.0 Å². The summed E-state index contributed by atoms with van der Waals surface area (Å²) in [4.78, 5) is 11.1. The van der Waals surface area contributed by atoms with E-state index in [1.54, 1.807) is 12.1 Å². The molecule has 126 valence electrons. The molecule has 4 nitrogen and oxygen atoms in total. The van der Waals surface area contributed by atoms with Crippen LogP contribution in [0.3, 0.4) is 0 Å². The Kier molecular flexibility index (Phi) is 4.21. The molecule has 3 rings (SSSR count). The van der Waals surface area contributed by atoms with Crippen LogP contribution in [0, 0.1) is 26.9 Å². The van der Waals surface area contributed by atoms with Gasteiger partial charge in [0.15, 0.2) is 0 Å². The molecule has 2 unspecified atom stereocenters. The normalized spacial score (nSPS) is 37.2. The van der Waals surface area contributed by atoms with Gasteiger partial charge in [0.05, 0.1) is 11.0 Å². The molecule has 0 radical (unpaired) electrons. The highest BCUT2D eigenvalue weighted by molar-refractivity contribution is 5.40. The number of para-hydroxylation sites is 1. The summed E-state index contributed by atoms with van der Waals surface area (Å²) in [5, 5.41) is 21.9. The molecule has 0 amide bonds. The molecule has 2 fully saturated rings. The Hall–Kier alpha value is -1.42. The molecule has 4 atom stereocenters. The predicted molar refractivity (Wildman–Crippen MR) is 90.2 cm³/mol. The number of aliphatic hydroxyl groups is 1. The van der Waals surface area contributed by atoms with Crippen LogP contribution in [0.2, 0.25) is 0 Å². The molecule has 0 bridgehead atoms. The average molecular weight is 317 g/mol. The maximum atomic E-state index is 11.3. The van der Waals surface area contributed by atoms with E-state index in [0.717, 1.165) is 50.5 Å². The molecule has 2 aliphatic rings. The first-order valence-corrected chi connectivity index (χ1v) is 8.77. The second kappa shape index (κ2) is 5.90. The Labute approximate surface area is 138 Å². The van der Waals surface area contributed by atoms with Gasteiger partial charge in [-0.2, -0.15) is 0 Å². The van der Waals surface area contributed by atoms with Crippen LogP contribution in [0.5, 0.6) is 0 Å². The molecular weight excluding hydrogens is 290 g/mol. The van der Waals surface area contributed by atoms with Crippen LogP contribution in [0.1, 0.15) is 57.9 Å². The van der Waals surface area contributed by atoms with Crippen LogP contribution >= 0.6 is 0 Å². The minimum Gasteiger partial charge on any atom is -0.393 e. The first-order chi connectivity index (χ1) is 10.9. The lowest BCUT2D eigenvalue weighted by Crippen LogP contribution is -2.52. The number of nitrogens with zero attached hydrogens (tertiary/aromatic N) is 1. The summed E-state index contributed by atoms with van der Waals surface area (Å²) >= 11 is 0. The van der Waals surface area contributed by atoms with E-state index >= 15 is 0 Å². The van der Waals surface area contributed by atoms with E-state index in [1.807, 2.05) is 12.1 Å². The van der Waals surface area contributed by atoms with Crippen LogP contribution in [0.15, 0.2) is 24.3 Å². The van der Waals surface area contributed by atoms with Crippen molar-refractivity contribution >= 4 is 5.69 Å². The van der Waals surface area contributed by atoms with Crippen LogP contribution in [-0.4, -0.2) is 16.1 Å². The molecule has 0 spiro atoms. The first kappa shape index (κ1) is 16.4. The third kappa shape index (κ3) is 2.78. The highest BCUT2D eigenvalue weighted by Crippen LogP contribution is 2.59. The number of hydrogen-bond donors (Lipinski definition) is 1. The first-order valence-electron chi connectivity index (χ1n) is 8.77. The van der Waals surface area contributed by atoms with E-state index in [2.05, 4.69) is 13.8 Å². The number of hydrogen-bond acceptors (Lipinski definition) is 3. The topological polar surface area (TPSA) is 63.4 Å². The molecule has 23 heavy (non-hydrogen) atoms. The van der Waals surface area contributed by atoms with Crippen molar-refractivity contribution in [3.05, 3.63) is 39.9 Å². The van der Waals surface area contributed by atoms with Gasteiger partial charge < -0.3 is 5.11 Å². The summed E-state index contributed by atoms with van der Waals surface area (Å²) in [5.41, 5.74) is 1.07. The SMILES string of the molecule is CC1(Cc2ccccc2[N+](=O)[O-])CCC[C@@]2(C)C1CCC[C@@H]2O. The fourth-order valence-corrected chi connectivity index (χ4v) is 5.42. The van der Waals surface area contributed by atoms with Crippen molar-refractivity contribution in [2.24, 2.45) is 16.7 Å². The fraction of sp³-hybridized carbons (Fsp3) is 0.684. The summed E-state index contributed by atoms with van der Waals surface area (Å²) in [5.74, 6) is 0.437. The number of benzene rings is 1. The Balaban J connectivity index is 1.93. The second-order valence-corrected chi connectivity index (χ2v) is 8.08. The van der Waals surface area contributed by atoms with Crippen molar-refractivity contribution in [3.8, 4) is 0 Å². The minimum atomic E-state index is -0.267. The number of fused-ring (bicyclic) bond motifs is 1. The third-order valence-corrected chi connectivity index (χ3v) is 6.61. The lowest BCUT2D eigenvalue weighted by atomic mass is 9.49. The summed E-state index contributed by atoms with van der Waals surface area (Å²) in [6, 6.07) is 7.13. The van der Waals surface area contributed by atoms with Crippen LogP contribution < -0.4 is 0 Å². The number of aliphatic hydroxyl groups excluding tert-OH is 1. The van der Waals surface area contributed by atoms with E-state index in [-0.39, 0.29) is 27.5 Å². The van der Waals surface area contributed by atoms with Gasteiger partial charge in [-0.05, 0) is 48.9 Å². The Morgan fingerprint density at radius 1 is 1.22 bits per heavy atom. The monoisotopic (exact) mass is 317 g/mol. The largest absolute Gasteiger partial charge is 0.393 e. The summed E-state index contributed by atoms with van der Waals surface area (Å²) in [7, 11) is 0. The second-order valence-electron chi connectivity index (χ2n) is 8.08. The Morgan fingerprint density at radius 2 is 1.96 bits per heavy atom. The van der Waals surface area contributed by atoms with Gasteiger partial charge in [-0.1, -0.05) is 44.9 Å². The smallest absolute Gasteiger partial charge is 0.272 e. The third-order valence-electron chi connectivity index (χ3n) is 6.61. The zero-order valence-corrected chi connectivity index (χ0v) is 14.1. The summed E-state index contributed by atoms with van der Waals surface area (Å²) < 4.78 is 0. The Morgan fingerprint density at radius 3 is 2.70 bits per heavy atom. The highest BCUT2D eigenvalue weighted by Gasteiger charge is 2.53. The zero-order valence-electron chi connectivity index (χ0n) is 14.1. The molecule has 1 N–H and O–H groups in total. The maximum absolute atomic E-state index is 11.3. The molecule has 0 aliphatic heterocycles. The molecule has 2 aliphatic carbocycles. The van der Waals surface area contributed by atoms with Gasteiger partial charge in [0.2, 0.25) is 0 Å². The molecule has 0 heterocycles. The molecule has 2 saturated carbocycles. The van der Waals surface area contributed by atoms with Gasteiger partial charge in [0.1, 0.15) is 0 Å². The number of nitro benzene ring substituents is 1. The summed E-state index contributed by atoms with van der Waals surface area (Å²) in [6.07, 6.45) is 6.86.